The molecule has 0 aromatic carbocycles. The normalized spacial score (nSPS) is 14.4. The summed E-state index contributed by atoms with van der Waals surface area (Å²) in [5.74, 6) is -0.126. The van der Waals surface area contributed by atoms with Gasteiger partial charge >= 0.3 is 6.03 Å². The minimum atomic E-state index is -0.405. The van der Waals surface area contributed by atoms with Crippen molar-refractivity contribution in [2.75, 3.05) is 5.75 Å². The molecule has 1 saturated carbocycles. The summed E-state index contributed by atoms with van der Waals surface area (Å²) >= 11 is 1.30. The fourth-order valence-corrected chi connectivity index (χ4v) is 1.97. The molecule has 7 heteroatoms. The maximum absolute atomic E-state index is 11.4. The molecule has 6 nitrogen and oxygen atoms in total. The van der Waals surface area contributed by atoms with E-state index in [-0.39, 0.29) is 17.7 Å². The van der Waals surface area contributed by atoms with E-state index in [0.29, 0.717) is 0 Å². The van der Waals surface area contributed by atoms with Gasteiger partial charge in [0.15, 0.2) is 5.16 Å². The van der Waals surface area contributed by atoms with Gasteiger partial charge in [-0.15, -0.1) is 0 Å². The molecular formula is C10H14N4O2S. The van der Waals surface area contributed by atoms with Crippen molar-refractivity contribution in [3.63, 3.8) is 0 Å². The van der Waals surface area contributed by atoms with Gasteiger partial charge < -0.3 is 9.88 Å². The van der Waals surface area contributed by atoms with E-state index in [1.54, 1.807) is 12.4 Å². The van der Waals surface area contributed by atoms with Crippen molar-refractivity contribution in [3.05, 3.63) is 12.4 Å². The quantitative estimate of drug-likeness (QED) is 0.767. The molecule has 0 atom stereocenters. The lowest BCUT2D eigenvalue weighted by Crippen LogP contribution is -2.41. The van der Waals surface area contributed by atoms with E-state index < -0.39 is 6.03 Å². The monoisotopic (exact) mass is 254 g/mol. The molecule has 2 rings (SSSR count). The first-order valence-corrected chi connectivity index (χ1v) is 6.34. The Labute approximate surface area is 103 Å². The second kappa shape index (κ2) is 5.22. The predicted molar refractivity (Wildman–Crippen MR) is 63.6 cm³/mol. The standard InChI is InChI=1S/C10H14N4O2S/c1-14-5-4-11-10(14)17-6-8(15)13-9(16)12-7-2-3-7/h4-5,7H,2-3,6H2,1H3,(H2,12,13,15,16). The average molecular weight is 254 g/mol. The van der Waals surface area contributed by atoms with Gasteiger partial charge in [-0.05, 0) is 12.8 Å². The van der Waals surface area contributed by atoms with Gasteiger partial charge in [0.05, 0.1) is 5.75 Å². The van der Waals surface area contributed by atoms with E-state index in [0.717, 1.165) is 18.0 Å². The van der Waals surface area contributed by atoms with E-state index >= 15 is 0 Å². The second-order valence-electron chi connectivity index (χ2n) is 3.91. The van der Waals surface area contributed by atoms with Gasteiger partial charge in [-0.2, -0.15) is 0 Å². The van der Waals surface area contributed by atoms with Crippen molar-refractivity contribution in [2.24, 2.45) is 7.05 Å². The molecule has 1 aliphatic carbocycles. The molecule has 1 aromatic heterocycles. The minimum Gasteiger partial charge on any atom is -0.335 e. The number of urea groups is 1. The third-order valence-electron chi connectivity index (χ3n) is 2.27. The highest BCUT2D eigenvalue weighted by atomic mass is 32.2. The summed E-state index contributed by atoms with van der Waals surface area (Å²) in [7, 11) is 1.85. The Balaban J connectivity index is 1.70. The van der Waals surface area contributed by atoms with Crippen molar-refractivity contribution in [1.82, 2.24) is 20.2 Å². The maximum atomic E-state index is 11.4. The molecule has 17 heavy (non-hydrogen) atoms. The van der Waals surface area contributed by atoms with Crippen LogP contribution in [0, 0.1) is 0 Å². The molecular weight excluding hydrogens is 240 g/mol. The highest BCUT2D eigenvalue weighted by Gasteiger charge is 2.23. The van der Waals surface area contributed by atoms with E-state index in [1.165, 1.54) is 11.8 Å². The number of nitrogens with zero attached hydrogens (tertiary/aromatic N) is 2. The summed E-state index contributed by atoms with van der Waals surface area (Å²) in [4.78, 5) is 26.8. The molecule has 0 radical (unpaired) electrons. The SMILES string of the molecule is Cn1ccnc1SCC(=O)NC(=O)NC1CC1. The number of imide groups is 1. The van der Waals surface area contributed by atoms with Crippen LogP contribution in [0.25, 0.3) is 0 Å². The van der Waals surface area contributed by atoms with Gasteiger partial charge in [-0.1, -0.05) is 11.8 Å². The highest BCUT2D eigenvalue weighted by molar-refractivity contribution is 7.99. The molecule has 1 fully saturated rings. The number of amides is 3. The van der Waals surface area contributed by atoms with Crippen LogP contribution in [0.3, 0.4) is 0 Å². The van der Waals surface area contributed by atoms with Crippen LogP contribution in [0.2, 0.25) is 0 Å². The lowest BCUT2D eigenvalue weighted by molar-refractivity contribution is -0.117. The van der Waals surface area contributed by atoms with Crippen molar-refractivity contribution in [1.29, 1.82) is 0 Å². The Morgan fingerprint density at radius 1 is 1.59 bits per heavy atom. The predicted octanol–water partition coefficient (Wildman–Crippen LogP) is 0.500. The van der Waals surface area contributed by atoms with Crippen LogP contribution in [0.15, 0.2) is 17.6 Å². The first-order chi connectivity index (χ1) is 8.15. The zero-order chi connectivity index (χ0) is 12.3. The lowest BCUT2D eigenvalue weighted by atomic mass is 10.6. The van der Waals surface area contributed by atoms with Crippen molar-refractivity contribution >= 4 is 23.7 Å². The molecule has 2 N–H and O–H groups in total. The molecule has 1 heterocycles. The van der Waals surface area contributed by atoms with Crippen LogP contribution >= 0.6 is 11.8 Å². The summed E-state index contributed by atoms with van der Waals surface area (Å²) in [5.41, 5.74) is 0. The fraction of sp³-hybridized carbons (Fsp3) is 0.500. The average Bonchev–Trinajstić information content (AvgIpc) is 2.97. The number of carbonyl (C=O) groups excluding carboxylic acids is 2. The van der Waals surface area contributed by atoms with Gasteiger partial charge in [-0.25, -0.2) is 9.78 Å². The number of aromatic nitrogens is 2. The Kier molecular flexibility index (Phi) is 3.68. The fourth-order valence-electron chi connectivity index (χ4n) is 1.23. The topological polar surface area (TPSA) is 76.0 Å². The Morgan fingerprint density at radius 3 is 2.94 bits per heavy atom. The lowest BCUT2D eigenvalue weighted by Gasteiger charge is -2.05. The zero-order valence-corrected chi connectivity index (χ0v) is 10.3. The van der Waals surface area contributed by atoms with E-state index in [1.807, 2.05) is 11.6 Å². The van der Waals surface area contributed by atoms with E-state index in [9.17, 15) is 9.59 Å². The summed E-state index contributed by atoms with van der Waals surface area (Å²) in [6.45, 7) is 0. The number of aryl methyl sites for hydroxylation is 1. The first-order valence-electron chi connectivity index (χ1n) is 5.35. The molecule has 0 bridgehead atoms. The Morgan fingerprint density at radius 2 is 2.35 bits per heavy atom. The van der Waals surface area contributed by atoms with Crippen molar-refractivity contribution < 1.29 is 9.59 Å². The zero-order valence-electron chi connectivity index (χ0n) is 9.47. The van der Waals surface area contributed by atoms with Gasteiger partial charge in [0, 0.05) is 25.5 Å². The largest absolute Gasteiger partial charge is 0.335 e. The number of thioether (sulfide) groups is 1. The molecule has 1 aromatic rings. The van der Waals surface area contributed by atoms with Crippen molar-refractivity contribution in [2.45, 2.75) is 24.0 Å². The van der Waals surface area contributed by atoms with Crippen molar-refractivity contribution in [3.8, 4) is 0 Å². The summed E-state index contributed by atoms with van der Waals surface area (Å²) in [6.07, 6.45) is 5.48. The number of hydrogen-bond donors (Lipinski definition) is 2. The summed E-state index contributed by atoms with van der Waals surface area (Å²) < 4.78 is 1.82. The second-order valence-corrected chi connectivity index (χ2v) is 4.85. The van der Waals surface area contributed by atoms with Gasteiger partial charge in [0.1, 0.15) is 0 Å². The van der Waals surface area contributed by atoms with Crippen LogP contribution < -0.4 is 10.6 Å². The highest BCUT2D eigenvalue weighted by Crippen LogP contribution is 2.18. The summed E-state index contributed by atoms with van der Waals surface area (Å²) in [6, 6.07) is -0.150. The maximum Gasteiger partial charge on any atom is 0.321 e. The molecule has 0 spiro atoms. The van der Waals surface area contributed by atoms with E-state index in [2.05, 4.69) is 15.6 Å². The molecule has 0 saturated heterocycles. The van der Waals surface area contributed by atoms with E-state index in [4.69, 9.17) is 0 Å². The smallest absolute Gasteiger partial charge is 0.321 e. The molecule has 92 valence electrons. The van der Waals surface area contributed by atoms with Gasteiger partial charge in [0.2, 0.25) is 5.91 Å². The molecule has 3 amide bonds. The molecule has 0 unspecified atom stereocenters. The number of imidazole rings is 1. The first kappa shape index (κ1) is 12.0. The molecule has 0 aliphatic heterocycles. The van der Waals surface area contributed by atoms with Crippen LogP contribution in [-0.4, -0.2) is 33.3 Å². The number of rotatable bonds is 4. The third kappa shape index (κ3) is 3.77. The molecule has 1 aliphatic rings. The number of hydrogen-bond acceptors (Lipinski definition) is 4. The van der Waals surface area contributed by atoms with Crippen LogP contribution in [0.5, 0.6) is 0 Å². The Hall–Kier alpha value is -1.50. The third-order valence-corrected chi connectivity index (χ3v) is 3.33. The summed E-state index contributed by atoms with van der Waals surface area (Å²) in [5, 5.41) is 5.73. The Bertz CT molecular complexity index is 428. The minimum absolute atomic E-state index is 0.183. The number of carbonyl (C=O) groups is 2. The number of nitrogens with one attached hydrogen (secondary N) is 2. The van der Waals surface area contributed by atoms with Crippen LogP contribution in [-0.2, 0) is 11.8 Å². The van der Waals surface area contributed by atoms with Gasteiger partial charge in [-0.3, -0.25) is 10.1 Å². The van der Waals surface area contributed by atoms with Gasteiger partial charge in [0.25, 0.3) is 0 Å². The van der Waals surface area contributed by atoms with Crippen LogP contribution in [0.4, 0.5) is 4.79 Å². The van der Waals surface area contributed by atoms with Crippen LogP contribution in [0.1, 0.15) is 12.8 Å².